The van der Waals surface area contributed by atoms with E-state index in [1.54, 1.807) is 19.1 Å². The number of hydrogen-bond donors (Lipinski definition) is 0. The standard InChI is InChI=1S/C20H23FN4O/c1-13-22-7-15(8-23-13)9-24-10-17-11-25(14(2)26)20(19(17)12-24)16-4-3-5-18(21)6-16/h3-8,17,19-20H,9-12H2,1-2H3/t17-,19-,20-/m1/s1. The van der Waals surface area contributed by atoms with Gasteiger partial charge in [0.05, 0.1) is 6.04 Å². The number of carbonyl (C=O) groups is 1. The number of hydrogen-bond acceptors (Lipinski definition) is 4. The molecule has 2 saturated heterocycles. The highest BCUT2D eigenvalue weighted by atomic mass is 19.1. The van der Waals surface area contributed by atoms with Gasteiger partial charge in [0.1, 0.15) is 11.6 Å². The molecule has 5 nitrogen and oxygen atoms in total. The SMILES string of the molecule is CC(=O)N1C[C@H]2CN(Cc3cnc(C)nc3)C[C@H]2[C@H]1c1cccc(F)c1. The van der Waals surface area contributed by atoms with E-state index in [-0.39, 0.29) is 17.8 Å². The second-order valence-electron chi connectivity index (χ2n) is 7.43. The molecule has 2 fully saturated rings. The maximum Gasteiger partial charge on any atom is 0.219 e. The monoisotopic (exact) mass is 354 g/mol. The summed E-state index contributed by atoms with van der Waals surface area (Å²) in [5.41, 5.74) is 1.99. The predicted molar refractivity (Wildman–Crippen MR) is 95.6 cm³/mol. The minimum Gasteiger partial charge on any atom is -0.335 e. The quantitative estimate of drug-likeness (QED) is 0.850. The third kappa shape index (κ3) is 3.21. The number of carbonyl (C=O) groups excluding carboxylic acids is 1. The zero-order valence-electron chi connectivity index (χ0n) is 15.1. The molecule has 1 amide bonds. The van der Waals surface area contributed by atoms with E-state index in [0.29, 0.717) is 11.8 Å². The molecule has 2 aliphatic heterocycles. The number of rotatable bonds is 3. The van der Waals surface area contributed by atoms with Gasteiger partial charge in [0.2, 0.25) is 5.91 Å². The molecule has 0 saturated carbocycles. The fourth-order valence-corrected chi connectivity index (χ4v) is 4.47. The molecule has 2 aromatic rings. The van der Waals surface area contributed by atoms with Crippen molar-refractivity contribution < 1.29 is 9.18 Å². The number of aromatic nitrogens is 2. The van der Waals surface area contributed by atoms with Gasteiger partial charge in [-0.3, -0.25) is 9.69 Å². The fourth-order valence-electron chi connectivity index (χ4n) is 4.47. The van der Waals surface area contributed by atoms with Crippen LogP contribution in [0.2, 0.25) is 0 Å². The molecule has 4 rings (SSSR count). The molecule has 0 spiro atoms. The van der Waals surface area contributed by atoms with Crippen molar-refractivity contribution in [3.63, 3.8) is 0 Å². The van der Waals surface area contributed by atoms with Crippen LogP contribution in [0, 0.1) is 24.6 Å². The van der Waals surface area contributed by atoms with E-state index in [2.05, 4.69) is 14.9 Å². The van der Waals surface area contributed by atoms with Gasteiger partial charge >= 0.3 is 0 Å². The Kier molecular flexibility index (Phi) is 4.44. The van der Waals surface area contributed by atoms with Crippen molar-refractivity contribution in [1.29, 1.82) is 0 Å². The average Bonchev–Trinajstić information content (AvgIpc) is 3.14. The van der Waals surface area contributed by atoms with E-state index in [0.717, 1.165) is 43.1 Å². The van der Waals surface area contributed by atoms with Crippen molar-refractivity contribution in [2.45, 2.75) is 26.4 Å². The highest BCUT2D eigenvalue weighted by molar-refractivity contribution is 5.74. The topological polar surface area (TPSA) is 49.3 Å². The van der Waals surface area contributed by atoms with Crippen LogP contribution in [0.4, 0.5) is 4.39 Å². The summed E-state index contributed by atoms with van der Waals surface area (Å²) in [6.07, 6.45) is 3.75. The van der Waals surface area contributed by atoms with E-state index in [4.69, 9.17) is 0 Å². The van der Waals surface area contributed by atoms with Gasteiger partial charge in [0.15, 0.2) is 0 Å². The van der Waals surface area contributed by atoms with Gasteiger partial charge in [0, 0.05) is 57.0 Å². The summed E-state index contributed by atoms with van der Waals surface area (Å²) in [5.74, 6) is 1.33. The van der Waals surface area contributed by atoms with Crippen molar-refractivity contribution in [1.82, 2.24) is 19.8 Å². The zero-order chi connectivity index (χ0) is 18.3. The van der Waals surface area contributed by atoms with Crippen molar-refractivity contribution in [2.24, 2.45) is 11.8 Å². The molecule has 0 radical (unpaired) electrons. The fraction of sp³-hybridized carbons (Fsp3) is 0.450. The molecule has 6 heteroatoms. The minimum atomic E-state index is -0.249. The number of amides is 1. The zero-order valence-corrected chi connectivity index (χ0v) is 15.1. The molecule has 0 bridgehead atoms. The summed E-state index contributed by atoms with van der Waals surface area (Å²) in [7, 11) is 0. The summed E-state index contributed by atoms with van der Waals surface area (Å²) in [4.78, 5) is 25.0. The summed E-state index contributed by atoms with van der Waals surface area (Å²) in [5, 5.41) is 0. The molecular weight excluding hydrogens is 331 g/mol. The second-order valence-corrected chi connectivity index (χ2v) is 7.43. The molecule has 3 heterocycles. The van der Waals surface area contributed by atoms with Crippen molar-refractivity contribution in [3.05, 3.63) is 59.4 Å². The molecule has 26 heavy (non-hydrogen) atoms. The lowest BCUT2D eigenvalue weighted by atomic mass is 9.89. The smallest absolute Gasteiger partial charge is 0.219 e. The first-order valence-electron chi connectivity index (χ1n) is 9.04. The van der Waals surface area contributed by atoms with Crippen LogP contribution < -0.4 is 0 Å². The predicted octanol–water partition coefficient (Wildman–Crippen LogP) is 2.58. The molecule has 2 aliphatic rings. The van der Waals surface area contributed by atoms with Gasteiger partial charge in [-0.1, -0.05) is 12.1 Å². The first kappa shape index (κ1) is 17.1. The van der Waals surface area contributed by atoms with E-state index in [1.807, 2.05) is 30.3 Å². The number of fused-ring (bicyclic) bond motifs is 1. The van der Waals surface area contributed by atoms with Gasteiger partial charge in [-0.05, 0) is 30.5 Å². The van der Waals surface area contributed by atoms with Gasteiger partial charge in [-0.2, -0.15) is 0 Å². The highest BCUT2D eigenvalue weighted by Gasteiger charge is 2.48. The Morgan fingerprint density at radius 1 is 1.23 bits per heavy atom. The third-order valence-corrected chi connectivity index (χ3v) is 5.58. The molecule has 1 aromatic heterocycles. The number of halogens is 1. The van der Waals surface area contributed by atoms with Crippen molar-refractivity contribution >= 4 is 5.91 Å². The maximum atomic E-state index is 13.8. The lowest BCUT2D eigenvalue weighted by molar-refractivity contribution is -0.130. The average molecular weight is 354 g/mol. The van der Waals surface area contributed by atoms with Gasteiger partial charge < -0.3 is 4.90 Å². The van der Waals surface area contributed by atoms with Crippen LogP contribution in [0.5, 0.6) is 0 Å². The third-order valence-electron chi connectivity index (χ3n) is 5.58. The van der Waals surface area contributed by atoms with Crippen LogP contribution in [0.1, 0.15) is 29.9 Å². The van der Waals surface area contributed by atoms with Crippen LogP contribution in [-0.2, 0) is 11.3 Å². The second kappa shape index (κ2) is 6.76. The van der Waals surface area contributed by atoms with E-state index in [1.165, 1.54) is 6.07 Å². The summed E-state index contributed by atoms with van der Waals surface area (Å²) in [6, 6.07) is 6.63. The molecule has 3 atom stereocenters. The molecule has 0 aliphatic carbocycles. The Labute approximate surface area is 152 Å². The van der Waals surface area contributed by atoms with Crippen LogP contribution in [-0.4, -0.2) is 45.3 Å². The Morgan fingerprint density at radius 2 is 2.00 bits per heavy atom. The maximum absolute atomic E-state index is 13.8. The van der Waals surface area contributed by atoms with Gasteiger partial charge in [-0.15, -0.1) is 0 Å². The van der Waals surface area contributed by atoms with E-state index >= 15 is 0 Å². The largest absolute Gasteiger partial charge is 0.335 e. The lowest BCUT2D eigenvalue weighted by Crippen LogP contribution is -2.34. The summed E-state index contributed by atoms with van der Waals surface area (Å²) < 4.78 is 13.8. The lowest BCUT2D eigenvalue weighted by Gasteiger charge is -2.29. The molecular formula is C20H23FN4O. The van der Waals surface area contributed by atoms with E-state index < -0.39 is 0 Å². The Balaban J connectivity index is 1.54. The number of likely N-dealkylation sites (tertiary alicyclic amines) is 2. The van der Waals surface area contributed by atoms with E-state index in [9.17, 15) is 9.18 Å². The molecule has 0 N–H and O–H groups in total. The first-order chi connectivity index (χ1) is 12.5. The van der Waals surface area contributed by atoms with Crippen molar-refractivity contribution in [3.8, 4) is 0 Å². The molecule has 1 aromatic carbocycles. The van der Waals surface area contributed by atoms with Gasteiger partial charge in [-0.25, -0.2) is 14.4 Å². The number of aryl methyl sites for hydroxylation is 1. The minimum absolute atomic E-state index is 0.0486. The van der Waals surface area contributed by atoms with Crippen LogP contribution in [0.3, 0.4) is 0 Å². The Hall–Kier alpha value is -2.34. The number of nitrogens with zero attached hydrogens (tertiary/aromatic N) is 4. The van der Waals surface area contributed by atoms with Crippen LogP contribution in [0.15, 0.2) is 36.7 Å². The van der Waals surface area contributed by atoms with Gasteiger partial charge in [0.25, 0.3) is 0 Å². The number of benzene rings is 1. The Bertz CT molecular complexity index is 810. The molecule has 136 valence electrons. The first-order valence-corrected chi connectivity index (χ1v) is 9.04. The summed E-state index contributed by atoms with van der Waals surface area (Å²) >= 11 is 0. The highest BCUT2D eigenvalue weighted by Crippen LogP contribution is 2.45. The summed E-state index contributed by atoms with van der Waals surface area (Å²) in [6.45, 7) is 6.86. The Morgan fingerprint density at radius 3 is 2.69 bits per heavy atom. The molecule has 0 unspecified atom stereocenters. The van der Waals surface area contributed by atoms with Crippen LogP contribution >= 0.6 is 0 Å². The van der Waals surface area contributed by atoms with Crippen molar-refractivity contribution in [2.75, 3.05) is 19.6 Å². The normalized spacial score (nSPS) is 25.5. The van der Waals surface area contributed by atoms with Crippen LogP contribution in [0.25, 0.3) is 0 Å².